The number of methoxy groups -OCH3 is 1. The van der Waals surface area contributed by atoms with Crippen molar-refractivity contribution in [2.24, 2.45) is 5.73 Å². The van der Waals surface area contributed by atoms with Crippen LogP contribution in [0.1, 0.15) is 22.4 Å². The molecule has 1 heterocycles. The highest BCUT2D eigenvalue weighted by atomic mass is 35.5. The minimum absolute atomic E-state index is 0. The molecule has 0 aliphatic rings. The molecule has 0 aliphatic carbocycles. The highest BCUT2D eigenvalue weighted by molar-refractivity contribution is 7.09. The van der Waals surface area contributed by atoms with Crippen molar-refractivity contribution in [2.45, 2.75) is 19.5 Å². The van der Waals surface area contributed by atoms with Crippen LogP contribution < -0.4 is 5.73 Å². The van der Waals surface area contributed by atoms with Crippen molar-refractivity contribution in [2.75, 3.05) is 20.8 Å². The molecular formula is C10H18ClN3O2S. The zero-order valence-corrected chi connectivity index (χ0v) is 11.8. The Morgan fingerprint density at radius 2 is 2.35 bits per heavy atom. The lowest BCUT2D eigenvalue weighted by atomic mass is 10.3. The third-order valence-electron chi connectivity index (χ3n) is 2.33. The van der Waals surface area contributed by atoms with Crippen LogP contribution in [0.3, 0.4) is 0 Å². The summed E-state index contributed by atoms with van der Waals surface area (Å²) in [7, 11) is 3.36. The number of thiazole rings is 1. The van der Waals surface area contributed by atoms with Crippen LogP contribution in [0.5, 0.6) is 0 Å². The van der Waals surface area contributed by atoms with Crippen LogP contribution in [0, 0.1) is 0 Å². The molecule has 1 aromatic heterocycles. The maximum atomic E-state index is 12.0. The average molecular weight is 280 g/mol. The largest absolute Gasteiger partial charge is 0.383 e. The molecule has 1 rings (SSSR count). The molecule has 1 unspecified atom stereocenters. The summed E-state index contributed by atoms with van der Waals surface area (Å²) < 4.78 is 5.01. The van der Waals surface area contributed by atoms with Crippen molar-refractivity contribution in [3.05, 3.63) is 16.1 Å². The number of hydrogen-bond acceptors (Lipinski definition) is 5. The second kappa shape index (κ2) is 7.60. The highest BCUT2D eigenvalue weighted by Crippen LogP contribution is 2.12. The van der Waals surface area contributed by atoms with Gasteiger partial charge in [0.25, 0.3) is 5.91 Å². The number of halogens is 1. The van der Waals surface area contributed by atoms with Crippen LogP contribution >= 0.6 is 23.7 Å². The van der Waals surface area contributed by atoms with Crippen LogP contribution in [0.25, 0.3) is 0 Å². The Morgan fingerprint density at radius 3 is 2.82 bits per heavy atom. The van der Waals surface area contributed by atoms with Gasteiger partial charge in [-0.1, -0.05) is 0 Å². The van der Waals surface area contributed by atoms with Crippen molar-refractivity contribution in [1.29, 1.82) is 0 Å². The first kappa shape index (κ1) is 16.3. The summed E-state index contributed by atoms with van der Waals surface area (Å²) in [4.78, 5) is 17.7. The molecule has 1 amide bonds. The zero-order valence-electron chi connectivity index (χ0n) is 10.2. The molecule has 5 nitrogen and oxygen atoms in total. The van der Waals surface area contributed by atoms with E-state index in [4.69, 9.17) is 10.5 Å². The Hall–Kier alpha value is -0.690. The Bertz CT molecular complexity index is 359. The number of carbonyl (C=O) groups is 1. The topological polar surface area (TPSA) is 68.5 Å². The van der Waals surface area contributed by atoms with E-state index in [9.17, 15) is 4.79 Å². The summed E-state index contributed by atoms with van der Waals surface area (Å²) >= 11 is 1.41. The predicted octanol–water partition coefficient (Wildman–Crippen LogP) is 1.13. The van der Waals surface area contributed by atoms with E-state index in [0.29, 0.717) is 18.8 Å². The predicted molar refractivity (Wildman–Crippen MR) is 70.7 cm³/mol. The third kappa shape index (κ3) is 4.23. The summed E-state index contributed by atoms with van der Waals surface area (Å²) in [6, 6.07) is 0.0283. The van der Waals surface area contributed by atoms with E-state index < -0.39 is 0 Å². The molecule has 98 valence electrons. The molecular weight excluding hydrogens is 262 g/mol. The van der Waals surface area contributed by atoms with Crippen molar-refractivity contribution < 1.29 is 9.53 Å². The van der Waals surface area contributed by atoms with Gasteiger partial charge in [0.05, 0.1) is 12.6 Å². The van der Waals surface area contributed by atoms with Crippen molar-refractivity contribution in [1.82, 2.24) is 9.88 Å². The fourth-order valence-electron chi connectivity index (χ4n) is 1.24. The van der Waals surface area contributed by atoms with Crippen molar-refractivity contribution in [3.63, 3.8) is 0 Å². The van der Waals surface area contributed by atoms with Crippen molar-refractivity contribution >= 4 is 29.7 Å². The summed E-state index contributed by atoms with van der Waals surface area (Å²) in [5.74, 6) is -0.0968. The first-order valence-electron chi connectivity index (χ1n) is 5.00. The number of carbonyl (C=O) groups excluding carboxylic acids is 1. The molecule has 0 spiro atoms. The maximum absolute atomic E-state index is 12.0. The van der Waals surface area contributed by atoms with Crippen LogP contribution in [-0.2, 0) is 11.3 Å². The van der Waals surface area contributed by atoms with Gasteiger partial charge in [-0.25, -0.2) is 4.98 Å². The number of likely N-dealkylation sites (N-methyl/N-ethyl adjacent to an activating group) is 1. The number of nitrogens with two attached hydrogens (primary N) is 1. The van der Waals surface area contributed by atoms with Gasteiger partial charge >= 0.3 is 0 Å². The van der Waals surface area contributed by atoms with Gasteiger partial charge in [-0.3, -0.25) is 4.79 Å². The summed E-state index contributed by atoms with van der Waals surface area (Å²) in [6.07, 6.45) is 0. The van der Waals surface area contributed by atoms with Crippen LogP contribution in [-0.4, -0.2) is 42.6 Å². The Morgan fingerprint density at radius 1 is 1.71 bits per heavy atom. The number of rotatable bonds is 5. The molecule has 0 saturated heterocycles. The monoisotopic (exact) mass is 279 g/mol. The normalized spacial score (nSPS) is 11.8. The van der Waals surface area contributed by atoms with Gasteiger partial charge in [0.2, 0.25) is 0 Å². The molecule has 0 bridgehead atoms. The second-order valence-corrected chi connectivity index (χ2v) is 4.49. The van der Waals surface area contributed by atoms with E-state index in [1.165, 1.54) is 11.3 Å². The Balaban J connectivity index is 0.00000256. The molecule has 0 fully saturated rings. The smallest absolute Gasteiger partial charge is 0.273 e. The quantitative estimate of drug-likeness (QED) is 0.877. The number of nitrogens with zero attached hydrogens (tertiary/aromatic N) is 2. The van der Waals surface area contributed by atoms with Crippen LogP contribution in [0.15, 0.2) is 5.38 Å². The van der Waals surface area contributed by atoms with Gasteiger partial charge in [0.1, 0.15) is 10.7 Å². The molecule has 1 aromatic rings. The minimum Gasteiger partial charge on any atom is -0.383 e. The van der Waals surface area contributed by atoms with E-state index in [-0.39, 0.29) is 24.4 Å². The standard InChI is InChI=1S/C10H17N3O2S.ClH/c1-7(5-15-3)13(2)10(14)8-6-16-9(4-11)12-8;/h6-7H,4-5,11H2,1-3H3;1H. The Labute approximate surface area is 111 Å². The third-order valence-corrected chi connectivity index (χ3v) is 3.21. The zero-order chi connectivity index (χ0) is 12.1. The van der Waals surface area contributed by atoms with Gasteiger partial charge in [0, 0.05) is 26.1 Å². The molecule has 17 heavy (non-hydrogen) atoms. The number of ether oxygens (including phenoxy) is 1. The molecule has 0 aromatic carbocycles. The fourth-order valence-corrected chi connectivity index (χ4v) is 1.89. The first-order valence-corrected chi connectivity index (χ1v) is 5.88. The minimum atomic E-state index is -0.0968. The lowest BCUT2D eigenvalue weighted by molar-refractivity contribution is 0.0628. The summed E-state index contributed by atoms with van der Waals surface area (Å²) in [6.45, 7) is 2.81. The number of hydrogen-bond donors (Lipinski definition) is 1. The molecule has 0 aliphatic heterocycles. The summed E-state index contributed by atoms with van der Waals surface area (Å²) in [5.41, 5.74) is 5.90. The van der Waals surface area contributed by atoms with E-state index in [1.54, 1.807) is 24.4 Å². The summed E-state index contributed by atoms with van der Waals surface area (Å²) in [5, 5.41) is 2.51. The molecule has 2 N–H and O–H groups in total. The second-order valence-electron chi connectivity index (χ2n) is 3.55. The highest BCUT2D eigenvalue weighted by Gasteiger charge is 2.19. The van der Waals surface area contributed by atoms with Crippen LogP contribution in [0.4, 0.5) is 0 Å². The van der Waals surface area contributed by atoms with E-state index in [1.807, 2.05) is 6.92 Å². The Kier molecular flexibility index (Phi) is 7.29. The van der Waals surface area contributed by atoms with E-state index in [2.05, 4.69) is 4.98 Å². The maximum Gasteiger partial charge on any atom is 0.273 e. The van der Waals surface area contributed by atoms with Gasteiger partial charge < -0.3 is 15.4 Å². The SMILES string of the molecule is COCC(C)N(C)C(=O)c1csc(CN)n1.Cl. The van der Waals surface area contributed by atoms with Crippen LogP contribution in [0.2, 0.25) is 0 Å². The van der Waals surface area contributed by atoms with E-state index >= 15 is 0 Å². The first-order chi connectivity index (χ1) is 7.60. The molecule has 0 radical (unpaired) electrons. The number of amides is 1. The van der Waals surface area contributed by atoms with Crippen molar-refractivity contribution in [3.8, 4) is 0 Å². The van der Waals surface area contributed by atoms with Gasteiger partial charge in [0.15, 0.2) is 0 Å². The molecule has 1 atom stereocenters. The molecule has 0 saturated carbocycles. The van der Waals surface area contributed by atoms with Gasteiger partial charge in [-0.15, -0.1) is 23.7 Å². The lowest BCUT2D eigenvalue weighted by Gasteiger charge is -2.23. The molecule has 7 heteroatoms. The van der Waals surface area contributed by atoms with Gasteiger partial charge in [-0.05, 0) is 6.92 Å². The average Bonchev–Trinajstić information content (AvgIpc) is 2.75. The van der Waals surface area contributed by atoms with E-state index in [0.717, 1.165) is 5.01 Å². The lowest BCUT2D eigenvalue weighted by Crippen LogP contribution is -2.38. The fraction of sp³-hybridized carbons (Fsp3) is 0.600. The number of aromatic nitrogens is 1. The van der Waals surface area contributed by atoms with Gasteiger partial charge in [-0.2, -0.15) is 0 Å².